The molecule has 1 aliphatic heterocycles. The highest BCUT2D eigenvalue weighted by Gasteiger charge is 2.30. The van der Waals surface area contributed by atoms with Gasteiger partial charge in [0.25, 0.3) is 0 Å². The van der Waals surface area contributed by atoms with Crippen molar-refractivity contribution in [1.29, 1.82) is 0 Å². The number of likely N-dealkylation sites (N-methyl/N-ethyl adjacent to an activating group) is 1. The van der Waals surface area contributed by atoms with Crippen LogP contribution in [0.3, 0.4) is 0 Å². The second kappa shape index (κ2) is 10.2. The van der Waals surface area contributed by atoms with Gasteiger partial charge in [-0.05, 0) is 31.2 Å². The third kappa shape index (κ3) is 6.02. The monoisotopic (exact) mass is 361 g/mol. The second-order valence-electron chi connectivity index (χ2n) is 7.05. The number of carbonyl (C=O) groups is 2. The van der Waals surface area contributed by atoms with E-state index in [0.29, 0.717) is 19.6 Å². The lowest BCUT2D eigenvalue weighted by molar-refractivity contribution is -0.135. The predicted molar refractivity (Wildman–Crippen MR) is 102 cm³/mol. The van der Waals surface area contributed by atoms with E-state index in [0.717, 1.165) is 25.0 Å². The van der Waals surface area contributed by atoms with Gasteiger partial charge in [-0.1, -0.05) is 44.2 Å². The summed E-state index contributed by atoms with van der Waals surface area (Å²) in [5.74, 6) is -0.0450. The van der Waals surface area contributed by atoms with Crippen LogP contribution in [0.5, 0.6) is 0 Å². The van der Waals surface area contributed by atoms with Gasteiger partial charge in [-0.2, -0.15) is 0 Å². The normalized spacial score (nSPS) is 17.8. The van der Waals surface area contributed by atoms with E-state index in [1.165, 1.54) is 0 Å². The first-order chi connectivity index (χ1) is 12.5. The SMILES string of the molecule is CCN(CC1CCCO1)C(=O)C(NC(=O)NCc1ccccc1)C(C)C. The van der Waals surface area contributed by atoms with Crippen LogP contribution in [0, 0.1) is 5.92 Å². The molecule has 1 aliphatic rings. The average molecular weight is 361 g/mol. The Labute approximate surface area is 156 Å². The van der Waals surface area contributed by atoms with E-state index in [9.17, 15) is 9.59 Å². The summed E-state index contributed by atoms with van der Waals surface area (Å²) in [6, 6.07) is 8.82. The maximum Gasteiger partial charge on any atom is 0.315 e. The number of benzene rings is 1. The van der Waals surface area contributed by atoms with Crippen molar-refractivity contribution in [3.8, 4) is 0 Å². The first-order valence-electron chi connectivity index (χ1n) is 9.50. The fourth-order valence-electron chi connectivity index (χ4n) is 3.09. The van der Waals surface area contributed by atoms with Gasteiger partial charge in [-0.3, -0.25) is 4.79 Å². The molecule has 6 nitrogen and oxygen atoms in total. The number of amides is 3. The summed E-state index contributed by atoms with van der Waals surface area (Å²) < 4.78 is 5.65. The Morgan fingerprint density at radius 3 is 2.58 bits per heavy atom. The summed E-state index contributed by atoms with van der Waals surface area (Å²) in [4.78, 5) is 27.0. The van der Waals surface area contributed by atoms with E-state index in [1.807, 2.05) is 51.1 Å². The number of carbonyl (C=O) groups excluding carboxylic acids is 2. The van der Waals surface area contributed by atoms with Crippen molar-refractivity contribution in [3.05, 3.63) is 35.9 Å². The largest absolute Gasteiger partial charge is 0.376 e. The van der Waals surface area contributed by atoms with Crippen molar-refractivity contribution in [3.63, 3.8) is 0 Å². The Bertz CT molecular complexity index is 571. The van der Waals surface area contributed by atoms with Crippen LogP contribution in [0.2, 0.25) is 0 Å². The topological polar surface area (TPSA) is 70.7 Å². The van der Waals surface area contributed by atoms with Gasteiger partial charge >= 0.3 is 6.03 Å². The zero-order chi connectivity index (χ0) is 18.9. The van der Waals surface area contributed by atoms with Crippen molar-refractivity contribution in [2.75, 3.05) is 19.7 Å². The van der Waals surface area contributed by atoms with Crippen LogP contribution in [0.4, 0.5) is 4.79 Å². The van der Waals surface area contributed by atoms with E-state index in [4.69, 9.17) is 4.74 Å². The number of urea groups is 1. The van der Waals surface area contributed by atoms with Gasteiger partial charge in [0, 0.05) is 26.2 Å². The highest BCUT2D eigenvalue weighted by Crippen LogP contribution is 2.15. The van der Waals surface area contributed by atoms with Crippen molar-refractivity contribution in [2.45, 2.75) is 52.3 Å². The third-order valence-electron chi connectivity index (χ3n) is 4.66. The molecule has 144 valence electrons. The number of ether oxygens (including phenoxy) is 1. The molecule has 2 N–H and O–H groups in total. The highest BCUT2D eigenvalue weighted by atomic mass is 16.5. The minimum atomic E-state index is -0.549. The Hall–Kier alpha value is -2.08. The van der Waals surface area contributed by atoms with Gasteiger partial charge in [0.15, 0.2) is 0 Å². The Morgan fingerprint density at radius 2 is 2.00 bits per heavy atom. The summed E-state index contributed by atoms with van der Waals surface area (Å²) in [5.41, 5.74) is 1.02. The smallest absolute Gasteiger partial charge is 0.315 e. The molecule has 2 unspecified atom stereocenters. The summed E-state index contributed by atoms with van der Waals surface area (Å²) in [7, 11) is 0. The first kappa shape index (κ1) is 20.2. The standard InChI is InChI=1S/C20H31N3O3/c1-4-23(14-17-11-8-12-26-17)19(24)18(15(2)3)22-20(25)21-13-16-9-6-5-7-10-16/h5-7,9-10,15,17-18H,4,8,11-14H2,1-3H3,(H2,21,22,25). The molecule has 0 aliphatic carbocycles. The molecule has 0 aromatic heterocycles. The zero-order valence-electron chi connectivity index (χ0n) is 16.0. The quantitative estimate of drug-likeness (QED) is 0.747. The lowest BCUT2D eigenvalue weighted by Crippen LogP contribution is -2.54. The van der Waals surface area contributed by atoms with Crippen molar-refractivity contribution in [1.82, 2.24) is 15.5 Å². The van der Waals surface area contributed by atoms with Crippen LogP contribution in [0.1, 0.15) is 39.2 Å². The van der Waals surface area contributed by atoms with Gasteiger partial charge in [0.2, 0.25) is 5.91 Å². The van der Waals surface area contributed by atoms with E-state index in [2.05, 4.69) is 10.6 Å². The molecule has 2 atom stereocenters. The van der Waals surface area contributed by atoms with Crippen molar-refractivity contribution < 1.29 is 14.3 Å². The molecule has 6 heteroatoms. The van der Waals surface area contributed by atoms with E-state index in [-0.39, 0.29) is 24.0 Å². The van der Waals surface area contributed by atoms with Gasteiger partial charge in [0.05, 0.1) is 6.10 Å². The molecule has 0 saturated carbocycles. The Kier molecular flexibility index (Phi) is 7.91. The second-order valence-corrected chi connectivity index (χ2v) is 7.05. The summed E-state index contributed by atoms with van der Waals surface area (Å²) in [6.45, 7) is 8.24. The molecule has 0 spiro atoms. The van der Waals surface area contributed by atoms with Crippen molar-refractivity contribution >= 4 is 11.9 Å². The zero-order valence-corrected chi connectivity index (χ0v) is 16.0. The summed E-state index contributed by atoms with van der Waals surface area (Å²) in [6.07, 6.45) is 2.14. The highest BCUT2D eigenvalue weighted by molar-refractivity contribution is 5.87. The first-order valence-corrected chi connectivity index (χ1v) is 9.50. The number of nitrogens with zero attached hydrogens (tertiary/aromatic N) is 1. The molecule has 1 saturated heterocycles. The van der Waals surface area contributed by atoms with Crippen LogP contribution in [-0.4, -0.2) is 48.7 Å². The van der Waals surface area contributed by atoms with Crippen LogP contribution in [-0.2, 0) is 16.1 Å². The lowest BCUT2D eigenvalue weighted by Gasteiger charge is -2.30. The minimum absolute atomic E-state index is 0.00326. The van der Waals surface area contributed by atoms with E-state index in [1.54, 1.807) is 4.90 Å². The number of hydrogen-bond acceptors (Lipinski definition) is 3. The van der Waals surface area contributed by atoms with E-state index < -0.39 is 6.04 Å². The molecule has 1 aromatic carbocycles. The molecular weight excluding hydrogens is 330 g/mol. The number of nitrogens with one attached hydrogen (secondary N) is 2. The maximum absolute atomic E-state index is 12.9. The van der Waals surface area contributed by atoms with Crippen LogP contribution in [0.25, 0.3) is 0 Å². The molecule has 0 bridgehead atoms. The molecule has 26 heavy (non-hydrogen) atoms. The molecular formula is C20H31N3O3. The van der Waals surface area contributed by atoms with E-state index >= 15 is 0 Å². The summed E-state index contributed by atoms with van der Waals surface area (Å²) >= 11 is 0. The molecule has 3 amide bonds. The van der Waals surface area contributed by atoms with Crippen LogP contribution in [0.15, 0.2) is 30.3 Å². The predicted octanol–water partition coefficient (Wildman–Crippen LogP) is 2.54. The number of rotatable bonds is 8. The average Bonchev–Trinajstić information content (AvgIpc) is 3.15. The lowest BCUT2D eigenvalue weighted by atomic mass is 10.0. The third-order valence-corrected chi connectivity index (χ3v) is 4.66. The van der Waals surface area contributed by atoms with Crippen LogP contribution >= 0.6 is 0 Å². The minimum Gasteiger partial charge on any atom is -0.376 e. The fourth-order valence-corrected chi connectivity index (χ4v) is 3.09. The Morgan fingerprint density at radius 1 is 1.27 bits per heavy atom. The molecule has 0 radical (unpaired) electrons. The molecule has 1 heterocycles. The van der Waals surface area contributed by atoms with Gasteiger partial charge in [-0.25, -0.2) is 4.79 Å². The molecule has 1 fully saturated rings. The summed E-state index contributed by atoms with van der Waals surface area (Å²) in [5, 5.41) is 5.67. The van der Waals surface area contributed by atoms with Crippen LogP contribution < -0.4 is 10.6 Å². The van der Waals surface area contributed by atoms with Crippen molar-refractivity contribution in [2.24, 2.45) is 5.92 Å². The number of hydrogen-bond donors (Lipinski definition) is 2. The molecule has 2 rings (SSSR count). The van der Waals surface area contributed by atoms with Gasteiger partial charge in [-0.15, -0.1) is 0 Å². The van der Waals surface area contributed by atoms with Gasteiger partial charge in [0.1, 0.15) is 6.04 Å². The fraction of sp³-hybridized carbons (Fsp3) is 0.600. The Balaban J connectivity index is 1.90. The maximum atomic E-state index is 12.9. The van der Waals surface area contributed by atoms with Gasteiger partial charge < -0.3 is 20.3 Å². The molecule has 1 aromatic rings.